The number of benzene rings is 1. The quantitative estimate of drug-likeness (QED) is 0.627. The lowest BCUT2D eigenvalue weighted by molar-refractivity contribution is -0.139. The molecule has 0 spiro atoms. The number of allylic oxidation sites excluding steroid dienone is 1. The number of rotatable bonds is 5. The molecule has 0 fully saturated rings. The first-order chi connectivity index (χ1) is 9.74. The van der Waals surface area contributed by atoms with E-state index >= 15 is 0 Å². The molecule has 0 amide bonds. The van der Waals surface area contributed by atoms with Crippen LogP contribution in [0, 0.1) is 0 Å². The third-order valence-corrected chi connectivity index (χ3v) is 3.64. The molecular formula is C15H16N2O2S. The van der Waals surface area contributed by atoms with Gasteiger partial charge in [-0.3, -0.25) is 4.79 Å². The Hall–Kier alpha value is -2.14. The molecule has 1 aromatic carbocycles. The molecule has 2 aromatic rings. The summed E-state index contributed by atoms with van der Waals surface area (Å²) in [6.07, 6.45) is 2.03. The summed E-state index contributed by atoms with van der Waals surface area (Å²) in [5, 5.41) is 1.93. The van der Waals surface area contributed by atoms with Crippen molar-refractivity contribution >= 4 is 23.0 Å². The van der Waals surface area contributed by atoms with Crippen molar-refractivity contribution in [2.45, 2.75) is 13.0 Å². The molecule has 0 radical (unpaired) electrons. The molecule has 0 saturated carbocycles. The molecule has 20 heavy (non-hydrogen) atoms. The Kier molecular flexibility index (Phi) is 4.90. The van der Waals surface area contributed by atoms with E-state index < -0.39 is 0 Å². The summed E-state index contributed by atoms with van der Waals surface area (Å²) in [7, 11) is 1.39. The molecule has 0 aliphatic heterocycles. The highest BCUT2D eigenvalue weighted by Gasteiger charge is 2.09. The minimum atomic E-state index is -0.258. The maximum Gasteiger partial charge on any atom is 0.311 e. The smallest absolute Gasteiger partial charge is 0.311 e. The SMILES string of the molecule is C=CCn1c(CC(=O)OC)csc1=Nc1ccccc1. The first-order valence-corrected chi connectivity index (χ1v) is 7.07. The molecule has 0 bridgehead atoms. The molecule has 0 saturated heterocycles. The van der Waals surface area contributed by atoms with Gasteiger partial charge in [-0.2, -0.15) is 0 Å². The van der Waals surface area contributed by atoms with E-state index in [9.17, 15) is 4.79 Å². The normalized spacial score (nSPS) is 11.3. The fourth-order valence-electron chi connectivity index (χ4n) is 1.75. The highest BCUT2D eigenvalue weighted by atomic mass is 32.1. The number of nitrogens with zero attached hydrogens (tertiary/aromatic N) is 2. The fourth-order valence-corrected chi connectivity index (χ4v) is 2.68. The van der Waals surface area contributed by atoms with Crippen molar-refractivity contribution in [2.75, 3.05) is 7.11 Å². The van der Waals surface area contributed by atoms with E-state index in [2.05, 4.69) is 11.6 Å². The molecule has 0 N–H and O–H groups in total. The van der Waals surface area contributed by atoms with Gasteiger partial charge in [0.2, 0.25) is 0 Å². The highest BCUT2D eigenvalue weighted by molar-refractivity contribution is 7.07. The van der Waals surface area contributed by atoms with Gasteiger partial charge in [0, 0.05) is 17.6 Å². The van der Waals surface area contributed by atoms with Crippen molar-refractivity contribution in [3.05, 3.63) is 58.9 Å². The van der Waals surface area contributed by atoms with Gasteiger partial charge in [-0.25, -0.2) is 4.99 Å². The minimum absolute atomic E-state index is 0.241. The van der Waals surface area contributed by atoms with Crippen LogP contribution in [0.1, 0.15) is 5.69 Å². The summed E-state index contributed by atoms with van der Waals surface area (Å²) in [5.41, 5.74) is 1.77. The summed E-state index contributed by atoms with van der Waals surface area (Å²) < 4.78 is 6.68. The van der Waals surface area contributed by atoms with Gasteiger partial charge in [-0.05, 0) is 12.1 Å². The van der Waals surface area contributed by atoms with E-state index in [1.54, 1.807) is 6.08 Å². The molecule has 0 unspecified atom stereocenters. The van der Waals surface area contributed by atoms with Gasteiger partial charge in [0.1, 0.15) is 0 Å². The highest BCUT2D eigenvalue weighted by Crippen LogP contribution is 2.11. The lowest BCUT2D eigenvalue weighted by Crippen LogP contribution is -2.18. The van der Waals surface area contributed by atoms with Crippen molar-refractivity contribution in [1.82, 2.24) is 4.57 Å². The Balaban J connectivity index is 2.41. The minimum Gasteiger partial charge on any atom is -0.469 e. The number of aromatic nitrogens is 1. The lowest BCUT2D eigenvalue weighted by Gasteiger charge is -2.05. The van der Waals surface area contributed by atoms with Crippen LogP contribution in [0.5, 0.6) is 0 Å². The van der Waals surface area contributed by atoms with Gasteiger partial charge < -0.3 is 9.30 Å². The van der Waals surface area contributed by atoms with E-state index in [4.69, 9.17) is 4.74 Å². The van der Waals surface area contributed by atoms with Crippen LogP contribution in [0.4, 0.5) is 5.69 Å². The predicted molar refractivity (Wildman–Crippen MR) is 79.9 cm³/mol. The van der Waals surface area contributed by atoms with Gasteiger partial charge in [0.25, 0.3) is 0 Å². The number of thiazole rings is 1. The fraction of sp³-hybridized carbons (Fsp3) is 0.200. The molecule has 0 atom stereocenters. The number of ether oxygens (including phenoxy) is 1. The van der Waals surface area contributed by atoms with Crippen LogP contribution in [0.25, 0.3) is 0 Å². The molecule has 2 rings (SSSR count). The maximum absolute atomic E-state index is 11.4. The second-order valence-electron chi connectivity index (χ2n) is 4.11. The summed E-state index contributed by atoms with van der Waals surface area (Å²) >= 11 is 1.50. The largest absolute Gasteiger partial charge is 0.469 e. The molecule has 104 valence electrons. The van der Waals surface area contributed by atoms with E-state index in [-0.39, 0.29) is 12.4 Å². The van der Waals surface area contributed by atoms with Crippen LogP contribution < -0.4 is 4.80 Å². The summed E-state index contributed by atoms with van der Waals surface area (Å²) in [6.45, 7) is 4.36. The van der Waals surface area contributed by atoms with Crippen LogP contribution in [0.2, 0.25) is 0 Å². The number of hydrogen-bond acceptors (Lipinski definition) is 4. The van der Waals surface area contributed by atoms with Crippen molar-refractivity contribution in [2.24, 2.45) is 4.99 Å². The van der Waals surface area contributed by atoms with Crippen LogP contribution in [0.15, 0.2) is 53.4 Å². The van der Waals surface area contributed by atoms with Gasteiger partial charge in [-0.15, -0.1) is 17.9 Å². The van der Waals surface area contributed by atoms with E-state index in [0.29, 0.717) is 6.54 Å². The Morgan fingerprint density at radius 3 is 2.85 bits per heavy atom. The lowest BCUT2D eigenvalue weighted by atomic mass is 10.3. The van der Waals surface area contributed by atoms with E-state index in [1.165, 1.54) is 18.4 Å². The zero-order valence-corrected chi connectivity index (χ0v) is 12.1. The summed E-state index contributed by atoms with van der Waals surface area (Å²) in [6, 6.07) is 9.73. The maximum atomic E-state index is 11.4. The zero-order chi connectivity index (χ0) is 14.4. The molecular weight excluding hydrogens is 272 g/mol. The topological polar surface area (TPSA) is 43.6 Å². The molecule has 0 aliphatic carbocycles. The third kappa shape index (κ3) is 3.45. The Bertz CT molecular complexity index is 656. The Labute approximate surface area is 121 Å². The van der Waals surface area contributed by atoms with Gasteiger partial charge in [0.05, 0.1) is 19.2 Å². The zero-order valence-electron chi connectivity index (χ0n) is 11.3. The second-order valence-corrected chi connectivity index (χ2v) is 4.95. The number of carbonyl (C=O) groups is 1. The average molecular weight is 288 g/mol. The second kappa shape index (κ2) is 6.86. The molecule has 0 aliphatic rings. The first-order valence-electron chi connectivity index (χ1n) is 6.19. The van der Waals surface area contributed by atoms with Crippen molar-refractivity contribution in [1.29, 1.82) is 0 Å². The molecule has 1 aromatic heterocycles. The summed E-state index contributed by atoms with van der Waals surface area (Å²) in [5.74, 6) is -0.258. The average Bonchev–Trinajstić information content (AvgIpc) is 2.83. The van der Waals surface area contributed by atoms with Crippen molar-refractivity contribution in [3.8, 4) is 0 Å². The van der Waals surface area contributed by atoms with Crippen molar-refractivity contribution < 1.29 is 9.53 Å². The Morgan fingerprint density at radius 2 is 2.20 bits per heavy atom. The number of esters is 1. The van der Waals surface area contributed by atoms with Crippen LogP contribution >= 0.6 is 11.3 Å². The third-order valence-electron chi connectivity index (χ3n) is 2.72. The summed E-state index contributed by atoms with van der Waals surface area (Å²) in [4.78, 5) is 16.9. The van der Waals surface area contributed by atoms with E-state index in [1.807, 2.05) is 40.3 Å². The molecule has 1 heterocycles. The van der Waals surface area contributed by atoms with E-state index in [0.717, 1.165) is 16.2 Å². The number of methoxy groups -OCH3 is 1. The first kappa shape index (κ1) is 14.3. The van der Waals surface area contributed by atoms with Gasteiger partial charge in [-0.1, -0.05) is 24.3 Å². The number of hydrogen-bond donors (Lipinski definition) is 0. The number of carbonyl (C=O) groups excluding carboxylic acids is 1. The van der Waals surface area contributed by atoms with Crippen LogP contribution in [-0.4, -0.2) is 17.6 Å². The molecule has 5 heteroatoms. The standard InChI is InChI=1S/C15H16N2O2S/c1-3-9-17-13(10-14(18)19-2)11-20-15(17)16-12-7-5-4-6-8-12/h3-8,11H,1,9-10H2,2H3. The molecule has 4 nitrogen and oxygen atoms in total. The van der Waals surface area contributed by atoms with Gasteiger partial charge >= 0.3 is 5.97 Å². The Morgan fingerprint density at radius 1 is 1.45 bits per heavy atom. The number of para-hydroxylation sites is 1. The van der Waals surface area contributed by atoms with Gasteiger partial charge in [0.15, 0.2) is 4.80 Å². The monoisotopic (exact) mass is 288 g/mol. The van der Waals surface area contributed by atoms with Crippen LogP contribution in [0.3, 0.4) is 0 Å². The predicted octanol–water partition coefficient (Wildman–Crippen LogP) is 2.68. The van der Waals surface area contributed by atoms with Crippen LogP contribution in [-0.2, 0) is 22.5 Å². The van der Waals surface area contributed by atoms with Crippen molar-refractivity contribution in [3.63, 3.8) is 0 Å².